The molecule has 1 unspecified atom stereocenters. The van der Waals surface area contributed by atoms with E-state index in [4.69, 9.17) is 5.11 Å². The number of rotatable bonds is 4. The SMILES string of the molecule is O=C(O)[C@@H]1CC(O)CN1C(=O)NCCN1CCCCC1. The fraction of sp³-hybridized carbons (Fsp3) is 0.846. The summed E-state index contributed by atoms with van der Waals surface area (Å²) in [6, 6.07) is -1.31. The van der Waals surface area contributed by atoms with Gasteiger partial charge in [0.15, 0.2) is 0 Å². The number of nitrogens with zero attached hydrogens (tertiary/aromatic N) is 2. The Morgan fingerprint density at radius 3 is 2.55 bits per heavy atom. The number of urea groups is 1. The monoisotopic (exact) mass is 285 g/mol. The molecule has 0 aromatic rings. The predicted octanol–water partition coefficient (Wildman–Crippen LogP) is -0.298. The van der Waals surface area contributed by atoms with E-state index in [1.54, 1.807) is 0 Å². The number of likely N-dealkylation sites (tertiary alicyclic amines) is 2. The molecular weight excluding hydrogens is 262 g/mol. The number of carbonyl (C=O) groups excluding carboxylic acids is 1. The molecule has 2 fully saturated rings. The number of aliphatic carboxylic acids is 1. The lowest BCUT2D eigenvalue weighted by Gasteiger charge is -2.27. The summed E-state index contributed by atoms with van der Waals surface area (Å²) < 4.78 is 0. The molecule has 114 valence electrons. The van der Waals surface area contributed by atoms with Crippen LogP contribution in [0.5, 0.6) is 0 Å². The molecule has 0 aliphatic carbocycles. The van der Waals surface area contributed by atoms with Gasteiger partial charge in [0.25, 0.3) is 0 Å². The summed E-state index contributed by atoms with van der Waals surface area (Å²) in [5.74, 6) is -1.06. The summed E-state index contributed by atoms with van der Waals surface area (Å²) in [5, 5.41) is 21.3. The van der Waals surface area contributed by atoms with Crippen LogP contribution in [-0.2, 0) is 4.79 Å². The maximum Gasteiger partial charge on any atom is 0.326 e. The van der Waals surface area contributed by atoms with Gasteiger partial charge in [0, 0.05) is 26.1 Å². The zero-order valence-corrected chi connectivity index (χ0v) is 11.6. The van der Waals surface area contributed by atoms with E-state index in [0.29, 0.717) is 6.54 Å². The molecule has 3 N–H and O–H groups in total. The largest absolute Gasteiger partial charge is 0.480 e. The molecule has 7 heteroatoms. The zero-order valence-electron chi connectivity index (χ0n) is 11.6. The van der Waals surface area contributed by atoms with E-state index < -0.39 is 24.1 Å². The first-order chi connectivity index (χ1) is 9.58. The molecule has 0 radical (unpaired) electrons. The molecule has 0 spiro atoms. The van der Waals surface area contributed by atoms with Crippen LogP contribution in [0, 0.1) is 0 Å². The summed E-state index contributed by atoms with van der Waals surface area (Å²) in [6.45, 7) is 3.52. The average Bonchev–Trinajstić information content (AvgIpc) is 2.82. The number of carboxylic acids is 1. The highest BCUT2D eigenvalue weighted by Crippen LogP contribution is 2.18. The van der Waals surface area contributed by atoms with Crippen molar-refractivity contribution in [3.63, 3.8) is 0 Å². The first-order valence-electron chi connectivity index (χ1n) is 7.25. The Kier molecular flexibility index (Phi) is 5.19. The third-order valence-electron chi connectivity index (χ3n) is 3.98. The third-order valence-corrected chi connectivity index (χ3v) is 3.98. The topological polar surface area (TPSA) is 93.1 Å². The Balaban J connectivity index is 1.74. The van der Waals surface area contributed by atoms with Crippen molar-refractivity contribution in [1.29, 1.82) is 0 Å². The molecule has 2 rings (SSSR count). The van der Waals surface area contributed by atoms with Crippen LogP contribution in [0.25, 0.3) is 0 Å². The van der Waals surface area contributed by atoms with Gasteiger partial charge in [-0.1, -0.05) is 6.42 Å². The molecule has 2 saturated heterocycles. The number of carboxylic acid groups (broad SMARTS) is 1. The van der Waals surface area contributed by atoms with Gasteiger partial charge < -0.3 is 25.3 Å². The van der Waals surface area contributed by atoms with Gasteiger partial charge in [0.2, 0.25) is 0 Å². The Bertz CT molecular complexity index is 358. The van der Waals surface area contributed by atoms with E-state index in [0.717, 1.165) is 19.6 Å². The molecule has 0 saturated carbocycles. The van der Waals surface area contributed by atoms with Crippen molar-refractivity contribution in [1.82, 2.24) is 15.1 Å². The summed E-state index contributed by atoms with van der Waals surface area (Å²) in [7, 11) is 0. The van der Waals surface area contributed by atoms with Crippen LogP contribution >= 0.6 is 0 Å². The standard InChI is InChI=1S/C13H23N3O4/c17-10-8-11(12(18)19)16(9-10)13(20)14-4-7-15-5-2-1-3-6-15/h10-11,17H,1-9H2,(H,14,20)(H,18,19)/t10?,11-/m0/s1. The fourth-order valence-corrected chi connectivity index (χ4v) is 2.88. The number of hydrogen-bond acceptors (Lipinski definition) is 4. The van der Waals surface area contributed by atoms with Gasteiger partial charge >= 0.3 is 12.0 Å². The van der Waals surface area contributed by atoms with Crippen LogP contribution < -0.4 is 5.32 Å². The van der Waals surface area contributed by atoms with Crippen LogP contribution in [0.2, 0.25) is 0 Å². The van der Waals surface area contributed by atoms with E-state index in [2.05, 4.69) is 10.2 Å². The molecule has 2 aliphatic heterocycles. The predicted molar refractivity (Wildman–Crippen MR) is 72.4 cm³/mol. The smallest absolute Gasteiger partial charge is 0.326 e. The Morgan fingerprint density at radius 2 is 1.90 bits per heavy atom. The summed E-state index contributed by atoms with van der Waals surface area (Å²) in [5.41, 5.74) is 0. The van der Waals surface area contributed by atoms with Gasteiger partial charge in [-0.05, 0) is 25.9 Å². The number of hydrogen-bond donors (Lipinski definition) is 3. The minimum Gasteiger partial charge on any atom is -0.480 e. The van der Waals surface area contributed by atoms with E-state index in [1.807, 2.05) is 0 Å². The molecule has 0 bridgehead atoms. The highest BCUT2D eigenvalue weighted by Gasteiger charge is 2.38. The third kappa shape index (κ3) is 3.83. The van der Waals surface area contributed by atoms with Crippen LogP contribution in [-0.4, -0.2) is 76.9 Å². The minimum absolute atomic E-state index is 0.0898. The number of carbonyl (C=O) groups is 2. The van der Waals surface area contributed by atoms with E-state index in [1.165, 1.54) is 24.2 Å². The van der Waals surface area contributed by atoms with Crippen molar-refractivity contribution < 1.29 is 19.8 Å². The molecule has 2 amide bonds. The molecule has 2 atom stereocenters. The van der Waals surface area contributed by atoms with Crippen molar-refractivity contribution in [2.24, 2.45) is 0 Å². The van der Waals surface area contributed by atoms with Crippen molar-refractivity contribution in [2.45, 2.75) is 37.8 Å². The Labute approximate surface area is 118 Å². The first-order valence-corrected chi connectivity index (χ1v) is 7.25. The second kappa shape index (κ2) is 6.90. The summed E-state index contributed by atoms with van der Waals surface area (Å²) in [6.07, 6.45) is 3.04. The van der Waals surface area contributed by atoms with Crippen LogP contribution in [0.3, 0.4) is 0 Å². The number of aliphatic hydroxyl groups excluding tert-OH is 1. The average molecular weight is 285 g/mol. The highest BCUT2D eigenvalue weighted by atomic mass is 16.4. The summed E-state index contributed by atoms with van der Waals surface area (Å²) in [4.78, 5) is 26.5. The molecular formula is C13H23N3O4. The second-order valence-electron chi connectivity index (χ2n) is 5.53. The fourth-order valence-electron chi connectivity index (χ4n) is 2.88. The Morgan fingerprint density at radius 1 is 1.20 bits per heavy atom. The van der Waals surface area contributed by atoms with Crippen molar-refractivity contribution in [3.8, 4) is 0 Å². The van der Waals surface area contributed by atoms with Gasteiger partial charge in [0.05, 0.1) is 6.10 Å². The Hall–Kier alpha value is -1.34. The van der Waals surface area contributed by atoms with Crippen LogP contribution in [0.4, 0.5) is 4.79 Å². The van der Waals surface area contributed by atoms with Gasteiger partial charge in [0.1, 0.15) is 6.04 Å². The molecule has 0 aromatic carbocycles. The lowest BCUT2D eigenvalue weighted by molar-refractivity contribution is -0.141. The minimum atomic E-state index is -1.06. The normalized spacial score (nSPS) is 27.6. The number of nitrogens with one attached hydrogen (secondary N) is 1. The molecule has 2 aliphatic rings. The van der Waals surface area contributed by atoms with Crippen LogP contribution in [0.1, 0.15) is 25.7 Å². The quantitative estimate of drug-likeness (QED) is 0.659. The van der Waals surface area contributed by atoms with Gasteiger partial charge in [-0.25, -0.2) is 9.59 Å². The maximum atomic E-state index is 12.0. The molecule has 7 nitrogen and oxygen atoms in total. The zero-order chi connectivity index (χ0) is 14.5. The van der Waals surface area contributed by atoms with Crippen molar-refractivity contribution >= 4 is 12.0 Å². The second-order valence-corrected chi connectivity index (χ2v) is 5.53. The van der Waals surface area contributed by atoms with Gasteiger partial charge in [-0.2, -0.15) is 0 Å². The first kappa shape index (κ1) is 15.1. The van der Waals surface area contributed by atoms with E-state index in [-0.39, 0.29) is 13.0 Å². The maximum absolute atomic E-state index is 12.0. The van der Waals surface area contributed by atoms with Crippen molar-refractivity contribution in [3.05, 3.63) is 0 Å². The molecule has 2 heterocycles. The van der Waals surface area contributed by atoms with E-state index in [9.17, 15) is 14.7 Å². The van der Waals surface area contributed by atoms with Crippen molar-refractivity contribution in [2.75, 3.05) is 32.7 Å². The number of amides is 2. The molecule has 0 aromatic heterocycles. The number of aliphatic hydroxyl groups is 1. The van der Waals surface area contributed by atoms with Gasteiger partial charge in [-0.15, -0.1) is 0 Å². The van der Waals surface area contributed by atoms with E-state index >= 15 is 0 Å². The van der Waals surface area contributed by atoms with Crippen LogP contribution in [0.15, 0.2) is 0 Å². The lowest BCUT2D eigenvalue weighted by Crippen LogP contribution is -2.48. The lowest BCUT2D eigenvalue weighted by atomic mass is 10.1. The number of β-amino-alcohol motifs (C(OH)–C–C–N with tert-alkyl or cyclic N) is 1. The highest BCUT2D eigenvalue weighted by molar-refractivity contribution is 5.83. The molecule has 20 heavy (non-hydrogen) atoms. The van der Waals surface area contributed by atoms with Gasteiger partial charge in [-0.3, -0.25) is 0 Å². The number of piperidine rings is 1. The summed E-state index contributed by atoms with van der Waals surface area (Å²) >= 11 is 0.